The van der Waals surface area contributed by atoms with Gasteiger partial charge in [0.25, 0.3) is 5.91 Å². The van der Waals surface area contributed by atoms with Crippen LogP contribution >= 0.6 is 0 Å². The van der Waals surface area contributed by atoms with Crippen LogP contribution in [0.5, 0.6) is 0 Å². The molecule has 1 aliphatic rings. The Morgan fingerprint density at radius 2 is 1.89 bits per heavy atom. The fraction of sp³-hybridized carbons (Fsp3) is 0.462. The van der Waals surface area contributed by atoms with Crippen molar-refractivity contribution >= 4 is 24.0 Å². The molecule has 1 fully saturated rings. The summed E-state index contributed by atoms with van der Waals surface area (Å²) < 4.78 is 6.05. The lowest BCUT2D eigenvalue weighted by molar-refractivity contribution is -0.141. The van der Waals surface area contributed by atoms with Gasteiger partial charge in [0.2, 0.25) is 11.8 Å². The zero-order chi connectivity index (χ0) is 25.4. The number of hydrogen-bond donors (Lipinski definition) is 3. The van der Waals surface area contributed by atoms with E-state index in [1.807, 2.05) is 44.2 Å². The molecule has 188 valence electrons. The van der Waals surface area contributed by atoms with E-state index >= 15 is 0 Å². The van der Waals surface area contributed by atoms with Crippen LogP contribution in [0.1, 0.15) is 49.7 Å². The van der Waals surface area contributed by atoms with Gasteiger partial charge in [0, 0.05) is 19.2 Å². The van der Waals surface area contributed by atoms with Crippen LogP contribution in [0.4, 0.5) is 0 Å². The Hall–Kier alpha value is -3.46. The summed E-state index contributed by atoms with van der Waals surface area (Å²) in [5, 5.41) is 5.52. The first-order chi connectivity index (χ1) is 16.8. The van der Waals surface area contributed by atoms with Crippen molar-refractivity contribution in [3.63, 3.8) is 0 Å². The minimum atomic E-state index is -0.831. The van der Waals surface area contributed by atoms with E-state index in [1.165, 1.54) is 4.90 Å². The molecule has 1 aromatic carbocycles. The normalized spacial score (nSPS) is 19.3. The van der Waals surface area contributed by atoms with Gasteiger partial charge in [-0.2, -0.15) is 0 Å². The molecule has 1 saturated heterocycles. The molecule has 1 aliphatic heterocycles. The topological polar surface area (TPSA) is 121 Å². The average Bonchev–Trinajstić information content (AvgIpc) is 3.55. The number of carbonyl (C=O) groups excluding carboxylic acids is 4. The maximum absolute atomic E-state index is 13.6. The second-order valence-electron chi connectivity index (χ2n) is 9.10. The third-order valence-electron chi connectivity index (χ3n) is 6.17. The van der Waals surface area contributed by atoms with Crippen molar-refractivity contribution in [2.24, 2.45) is 5.92 Å². The Bertz CT molecular complexity index is 992. The number of nitrogens with zero attached hydrogens (tertiary/aromatic N) is 1. The highest BCUT2D eigenvalue weighted by molar-refractivity contribution is 5.97. The van der Waals surface area contributed by atoms with Crippen molar-refractivity contribution in [3.05, 3.63) is 59.9 Å². The number of likely N-dealkylation sites (tertiary alicyclic amines) is 1. The van der Waals surface area contributed by atoms with Crippen LogP contribution in [0.3, 0.4) is 0 Å². The quantitative estimate of drug-likeness (QED) is 0.424. The Morgan fingerprint density at radius 3 is 2.49 bits per heavy atom. The smallest absolute Gasteiger partial charge is 0.268 e. The van der Waals surface area contributed by atoms with E-state index in [1.54, 1.807) is 25.3 Å². The second kappa shape index (κ2) is 12.3. The number of aromatic amines is 1. The van der Waals surface area contributed by atoms with Crippen LogP contribution in [0, 0.1) is 5.92 Å². The maximum atomic E-state index is 13.6. The van der Waals surface area contributed by atoms with E-state index in [-0.39, 0.29) is 24.5 Å². The van der Waals surface area contributed by atoms with Crippen LogP contribution in [0.2, 0.25) is 0 Å². The number of ether oxygens (including phenoxy) is 1. The first-order valence-corrected chi connectivity index (χ1v) is 12.0. The van der Waals surface area contributed by atoms with E-state index in [2.05, 4.69) is 15.6 Å². The molecule has 3 N–H and O–H groups in total. The van der Waals surface area contributed by atoms with E-state index < -0.39 is 29.9 Å². The van der Waals surface area contributed by atoms with Crippen molar-refractivity contribution < 1.29 is 23.9 Å². The molecule has 0 saturated carbocycles. The third kappa shape index (κ3) is 6.79. The standard InChI is InChI=1S/C26H34N4O5/c1-4-19(15-31)28-25(33)22-13-20(35-16-18-9-6-5-7-10-18)14-30(22)26(34)23(17(2)3)29-24(32)21-11-8-12-27-21/h5-12,15,17,19-20,22-23,27H,4,13-14,16H2,1-3H3,(H,28,33)(H,29,32)/t19-,20+,22-,23-/m0/s1. The lowest BCUT2D eigenvalue weighted by Gasteiger charge is -2.30. The van der Waals surface area contributed by atoms with Crippen LogP contribution in [-0.2, 0) is 25.7 Å². The summed E-state index contributed by atoms with van der Waals surface area (Å²) in [7, 11) is 0. The largest absolute Gasteiger partial charge is 0.372 e. The lowest BCUT2D eigenvalue weighted by atomic mass is 10.0. The van der Waals surface area contributed by atoms with Crippen molar-refractivity contribution in [2.45, 2.75) is 64.4 Å². The van der Waals surface area contributed by atoms with Gasteiger partial charge >= 0.3 is 0 Å². The minimum absolute atomic E-state index is 0.212. The fourth-order valence-corrected chi connectivity index (χ4v) is 4.09. The van der Waals surface area contributed by atoms with Crippen molar-refractivity contribution in [2.75, 3.05) is 6.54 Å². The van der Waals surface area contributed by atoms with E-state index in [9.17, 15) is 19.2 Å². The molecule has 1 aromatic heterocycles. The second-order valence-corrected chi connectivity index (χ2v) is 9.10. The molecule has 35 heavy (non-hydrogen) atoms. The van der Waals surface area contributed by atoms with E-state index in [0.717, 1.165) is 5.56 Å². The number of aromatic nitrogens is 1. The average molecular weight is 483 g/mol. The lowest BCUT2D eigenvalue weighted by Crippen LogP contribution is -2.56. The van der Waals surface area contributed by atoms with Crippen LogP contribution in [-0.4, -0.2) is 64.7 Å². The van der Waals surface area contributed by atoms with Gasteiger partial charge in [0.15, 0.2) is 0 Å². The van der Waals surface area contributed by atoms with Crippen molar-refractivity contribution in [3.8, 4) is 0 Å². The first-order valence-electron chi connectivity index (χ1n) is 12.0. The summed E-state index contributed by atoms with van der Waals surface area (Å²) in [5.74, 6) is -1.37. The highest BCUT2D eigenvalue weighted by Gasteiger charge is 2.43. The summed E-state index contributed by atoms with van der Waals surface area (Å²) in [6.45, 7) is 6.04. The van der Waals surface area contributed by atoms with Crippen LogP contribution in [0.15, 0.2) is 48.7 Å². The SMILES string of the molecule is CC[C@@H](C=O)NC(=O)[C@@H]1C[C@@H](OCc2ccccc2)CN1C(=O)[C@@H](NC(=O)c1ccc[nH]1)C(C)C. The molecule has 3 rings (SSSR count). The summed E-state index contributed by atoms with van der Waals surface area (Å²) in [5.41, 5.74) is 1.34. The monoisotopic (exact) mass is 482 g/mol. The molecule has 9 heteroatoms. The van der Waals surface area contributed by atoms with Gasteiger partial charge in [-0.1, -0.05) is 51.1 Å². The minimum Gasteiger partial charge on any atom is -0.372 e. The molecule has 0 spiro atoms. The van der Waals surface area contributed by atoms with Gasteiger partial charge in [-0.3, -0.25) is 14.4 Å². The zero-order valence-corrected chi connectivity index (χ0v) is 20.4. The molecular formula is C26H34N4O5. The summed E-state index contributed by atoms with van der Waals surface area (Å²) in [6.07, 6.45) is 2.71. The van der Waals surface area contributed by atoms with Gasteiger partial charge in [-0.15, -0.1) is 0 Å². The van der Waals surface area contributed by atoms with Crippen LogP contribution < -0.4 is 10.6 Å². The van der Waals surface area contributed by atoms with Gasteiger partial charge < -0.3 is 30.0 Å². The summed E-state index contributed by atoms with van der Waals surface area (Å²) in [4.78, 5) is 55.0. The molecule has 2 aromatic rings. The number of amides is 3. The summed E-state index contributed by atoms with van der Waals surface area (Å²) >= 11 is 0. The molecule has 0 aliphatic carbocycles. The highest BCUT2D eigenvalue weighted by Crippen LogP contribution is 2.24. The predicted molar refractivity (Wildman–Crippen MR) is 130 cm³/mol. The van der Waals surface area contributed by atoms with E-state index in [4.69, 9.17) is 4.74 Å². The third-order valence-corrected chi connectivity index (χ3v) is 6.17. The number of hydrogen-bond acceptors (Lipinski definition) is 5. The van der Waals surface area contributed by atoms with Gasteiger partial charge in [-0.05, 0) is 30.0 Å². The Labute approximate surface area is 205 Å². The van der Waals surface area contributed by atoms with Crippen LogP contribution in [0.25, 0.3) is 0 Å². The number of nitrogens with one attached hydrogen (secondary N) is 3. The molecule has 2 heterocycles. The molecule has 0 radical (unpaired) electrons. The number of H-pyrrole nitrogens is 1. The summed E-state index contributed by atoms with van der Waals surface area (Å²) in [6, 6.07) is 10.7. The van der Waals surface area contributed by atoms with E-state index in [0.29, 0.717) is 31.4 Å². The Morgan fingerprint density at radius 1 is 1.14 bits per heavy atom. The zero-order valence-electron chi connectivity index (χ0n) is 20.4. The Balaban J connectivity index is 1.77. The van der Waals surface area contributed by atoms with Gasteiger partial charge in [-0.25, -0.2) is 0 Å². The number of benzene rings is 1. The Kier molecular flexibility index (Phi) is 9.19. The molecule has 4 atom stereocenters. The molecular weight excluding hydrogens is 448 g/mol. The van der Waals surface area contributed by atoms with Crippen molar-refractivity contribution in [1.29, 1.82) is 0 Å². The fourth-order valence-electron chi connectivity index (χ4n) is 4.09. The number of rotatable bonds is 11. The van der Waals surface area contributed by atoms with Crippen molar-refractivity contribution in [1.82, 2.24) is 20.5 Å². The first kappa shape index (κ1) is 26.2. The van der Waals surface area contributed by atoms with Gasteiger partial charge in [0.05, 0.1) is 18.8 Å². The molecule has 3 amide bonds. The molecule has 0 unspecified atom stereocenters. The predicted octanol–water partition coefficient (Wildman–Crippen LogP) is 2.05. The van der Waals surface area contributed by atoms with Gasteiger partial charge in [0.1, 0.15) is 24.1 Å². The number of carbonyl (C=O) groups is 4. The molecule has 9 nitrogen and oxygen atoms in total. The maximum Gasteiger partial charge on any atom is 0.268 e. The molecule has 0 bridgehead atoms. The number of aldehydes is 1. The highest BCUT2D eigenvalue weighted by atomic mass is 16.5.